The van der Waals surface area contributed by atoms with E-state index in [1.807, 2.05) is 0 Å². The van der Waals surface area contributed by atoms with Gasteiger partial charge in [-0.25, -0.2) is 4.90 Å². The van der Waals surface area contributed by atoms with Crippen LogP contribution in [-0.4, -0.2) is 41.4 Å². The van der Waals surface area contributed by atoms with Crippen molar-refractivity contribution >= 4 is 52.3 Å². The van der Waals surface area contributed by atoms with Crippen LogP contribution >= 0.6 is 23.2 Å². The molecule has 2 aliphatic rings. The number of halogens is 2. The van der Waals surface area contributed by atoms with Crippen LogP contribution in [0, 0.1) is 0 Å². The highest BCUT2D eigenvalue weighted by Gasteiger charge is 2.55. The van der Waals surface area contributed by atoms with Crippen molar-refractivity contribution < 1.29 is 14.4 Å². The summed E-state index contributed by atoms with van der Waals surface area (Å²) in [5.41, 5.74) is 0.911. The number of fused-ring (bicyclic) bond motifs is 1. The Labute approximate surface area is 169 Å². The number of hydrogen-bond acceptors (Lipinski definition) is 6. The minimum atomic E-state index is -0.970. The molecule has 0 bridgehead atoms. The van der Waals surface area contributed by atoms with E-state index >= 15 is 0 Å². The Balaban J connectivity index is 1.48. The van der Waals surface area contributed by atoms with E-state index < -0.39 is 29.8 Å². The molecule has 2 aromatic carbocycles. The Kier molecular flexibility index (Phi) is 4.74. The predicted molar refractivity (Wildman–Crippen MR) is 103 cm³/mol. The first-order valence-corrected chi connectivity index (χ1v) is 9.06. The van der Waals surface area contributed by atoms with Gasteiger partial charge in [0.1, 0.15) is 6.54 Å². The van der Waals surface area contributed by atoms with Crippen molar-refractivity contribution in [2.45, 2.75) is 12.1 Å². The van der Waals surface area contributed by atoms with Crippen LogP contribution < -0.4 is 10.2 Å². The summed E-state index contributed by atoms with van der Waals surface area (Å²) in [4.78, 5) is 38.8. The van der Waals surface area contributed by atoms with Gasteiger partial charge in [0.05, 0.1) is 5.69 Å². The quantitative estimate of drug-likeness (QED) is 0.773. The van der Waals surface area contributed by atoms with Crippen molar-refractivity contribution in [1.29, 1.82) is 0 Å². The topological polar surface area (TPSA) is 94.4 Å². The predicted octanol–water partition coefficient (Wildman–Crippen LogP) is 2.93. The molecule has 0 unspecified atom stereocenters. The second-order valence-electron chi connectivity index (χ2n) is 6.24. The molecule has 0 spiro atoms. The standard InChI is InChI=1S/C18H13Cl2N5O3/c19-10-4-6-13(7-5-10)25-17(27)15-16(18(25)28)24(23-22-15)9-14(26)21-12-3-1-2-11(20)8-12/h1-8,15-16H,9H2,(H,21,26)/t15-,16+/m1/s1. The van der Waals surface area contributed by atoms with Gasteiger partial charge in [-0.2, -0.15) is 5.11 Å². The zero-order valence-corrected chi connectivity index (χ0v) is 15.8. The van der Waals surface area contributed by atoms with E-state index in [2.05, 4.69) is 15.7 Å². The molecule has 2 aliphatic heterocycles. The number of nitrogens with zero attached hydrogens (tertiary/aromatic N) is 4. The molecule has 2 atom stereocenters. The van der Waals surface area contributed by atoms with E-state index in [9.17, 15) is 14.4 Å². The van der Waals surface area contributed by atoms with Crippen LogP contribution in [0.15, 0.2) is 58.9 Å². The molecule has 0 radical (unpaired) electrons. The molecule has 2 heterocycles. The van der Waals surface area contributed by atoms with Crippen LogP contribution in [0.1, 0.15) is 0 Å². The summed E-state index contributed by atoms with van der Waals surface area (Å²) in [7, 11) is 0. The molecular weight excluding hydrogens is 405 g/mol. The van der Waals surface area contributed by atoms with E-state index in [1.165, 1.54) is 5.01 Å². The van der Waals surface area contributed by atoms with Crippen LogP contribution in [0.3, 0.4) is 0 Å². The van der Waals surface area contributed by atoms with E-state index in [-0.39, 0.29) is 6.54 Å². The highest BCUT2D eigenvalue weighted by atomic mass is 35.5. The third-order valence-electron chi connectivity index (χ3n) is 4.36. The SMILES string of the molecule is O=C(CN1N=N[C@H]2C(=O)N(c3ccc(Cl)cc3)C(=O)[C@H]21)Nc1cccc(Cl)c1. The van der Waals surface area contributed by atoms with Crippen molar-refractivity contribution in [1.82, 2.24) is 5.01 Å². The van der Waals surface area contributed by atoms with Gasteiger partial charge in [0.25, 0.3) is 11.8 Å². The van der Waals surface area contributed by atoms with E-state index in [0.29, 0.717) is 21.4 Å². The molecule has 142 valence electrons. The second-order valence-corrected chi connectivity index (χ2v) is 7.11. The monoisotopic (exact) mass is 417 g/mol. The number of benzene rings is 2. The summed E-state index contributed by atoms with van der Waals surface area (Å²) >= 11 is 11.8. The number of hydrogen-bond donors (Lipinski definition) is 1. The van der Waals surface area contributed by atoms with Gasteiger partial charge in [-0.1, -0.05) is 34.5 Å². The molecule has 3 amide bonds. The lowest BCUT2D eigenvalue weighted by Crippen LogP contribution is -2.43. The highest BCUT2D eigenvalue weighted by Crippen LogP contribution is 2.32. The second kappa shape index (κ2) is 7.21. The Morgan fingerprint density at radius 1 is 1.04 bits per heavy atom. The smallest absolute Gasteiger partial charge is 0.263 e. The van der Waals surface area contributed by atoms with Gasteiger partial charge in [0.2, 0.25) is 5.91 Å². The normalized spacial score (nSPS) is 20.6. The minimum absolute atomic E-state index is 0.231. The molecule has 1 fully saturated rings. The fraction of sp³-hybridized carbons (Fsp3) is 0.167. The minimum Gasteiger partial charge on any atom is -0.324 e. The summed E-state index contributed by atoms with van der Waals surface area (Å²) in [6, 6.07) is 11.1. The lowest BCUT2D eigenvalue weighted by atomic mass is 10.1. The maximum atomic E-state index is 12.8. The third kappa shape index (κ3) is 3.32. The molecule has 1 N–H and O–H groups in total. The maximum absolute atomic E-state index is 12.8. The van der Waals surface area contributed by atoms with Gasteiger partial charge in [-0.3, -0.25) is 19.4 Å². The van der Waals surface area contributed by atoms with Crippen molar-refractivity contribution in [2.75, 3.05) is 16.8 Å². The fourth-order valence-electron chi connectivity index (χ4n) is 3.11. The lowest BCUT2D eigenvalue weighted by Gasteiger charge is -2.20. The van der Waals surface area contributed by atoms with Gasteiger partial charge in [0, 0.05) is 15.7 Å². The van der Waals surface area contributed by atoms with Crippen molar-refractivity contribution in [3.63, 3.8) is 0 Å². The van der Waals surface area contributed by atoms with Crippen LogP contribution in [0.5, 0.6) is 0 Å². The Morgan fingerprint density at radius 2 is 1.79 bits per heavy atom. The average Bonchev–Trinajstić information content (AvgIpc) is 3.16. The first kappa shape index (κ1) is 18.4. The molecular formula is C18H13Cl2N5O3. The molecule has 1 saturated heterocycles. The van der Waals surface area contributed by atoms with Gasteiger partial charge < -0.3 is 5.32 Å². The summed E-state index contributed by atoms with van der Waals surface area (Å²) in [5.74, 6) is -1.39. The van der Waals surface area contributed by atoms with Gasteiger partial charge in [-0.05, 0) is 42.5 Å². The molecule has 0 aromatic heterocycles. The zero-order chi connectivity index (χ0) is 19.8. The van der Waals surface area contributed by atoms with Gasteiger partial charge >= 0.3 is 0 Å². The molecule has 0 saturated carbocycles. The first-order chi connectivity index (χ1) is 13.4. The number of rotatable bonds is 4. The number of anilines is 2. The van der Waals surface area contributed by atoms with E-state index in [4.69, 9.17) is 23.2 Å². The molecule has 4 rings (SSSR count). The number of imide groups is 1. The molecule has 8 nitrogen and oxygen atoms in total. The number of carbonyl (C=O) groups is 3. The van der Waals surface area contributed by atoms with E-state index in [0.717, 1.165) is 4.90 Å². The van der Waals surface area contributed by atoms with Gasteiger partial charge in [0.15, 0.2) is 12.1 Å². The number of amides is 3. The summed E-state index contributed by atoms with van der Waals surface area (Å²) in [5, 5.41) is 12.6. The van der Waals surface area contributed by atoms with Crippen molar-refractivity contribution in [3.05, 3.63) is 58.6 Å². The Bertz CT molecular complexity index is 995. The summed E-state index contributed by atoms with van der Waals surface area (Å²) in [6.07, 6.45) is 0. The zero-order valence-electron chi connectivity index (χ0n) is 14.3. The summed E-state index contributed by atoms with van der Waals surface area (Å²) < 4.78 is 0. The first-order valence-electron chi connectivity index (χ1n) is 8.30. The molecule has 2 aromatic rings. The van der Waals surface area contributed by atoms with E-state index in [1.54, 1.807) is 48.5 Å². The highest BCUT2D eigenvalue weighted by molar-refractivity contribution is 6.31. The molecule has 28 heavy (non-hydrogen) atoms. The fourth-order valence-corrected chi connectivity index (χ4v) is 3.43. The maximum Gasteiger partial charge on any atom is 0.263 e. The van der Waals surface area contributed by atoms with Crippen LogP contribution in [-0.2, 0) is 14.4 Å². The average molecular weight is 418 g/mol. The van der Waals surface area contributed by atoms with Crippen LogP contribution in [0.4, 0.5) is 11.4 Å². The molecule has 0 aliphatic carbocycles. The number of nitrogens with one attached hydrogen (secondary N) is 1. The van der Waals surface area contributed by atoms with Crippen LogP contribution in [0.2, 0.25) is 10.0 Å². The summed E-state index contributed by atoms with van der Waals surface area (Å²) in [6.45, 7) is -0.231. The Morgan fingerprint density at radius 3 is 2.50 bits per heavy atom. The van der Waals surface area contributed by atoms with Crippen LogP contribution in [0.25, 0.3) is 0 Å². The molecule has 10 heteroatoms. The van der Waals surface area contributed by atoms with Gasteiger partial charge in [-0.15, -0.1) is 0 Å². The van der Waals surface area contributed by atoms with Crippen molar-refractivity contribution in [3.8, 4) is 0 Å². The van der Waals surface area contributed by atoms with Crippen molar-refractivity contribution in [2.24, 2.45) is 10.3 Å². The Hall–Kier alpha value is -2.97. The third-order valence-corrected chi connectivity index (χ3v) is 4.84. The lowest BCUT2D eigenvalue weighted by molar-refractivity contribution is -0.123. The number of carbonyl (C=O) groups excluding carboxylic acids is 3. The largest absolute Gasteiger partial charge is 0.324 e.